The van der Waals surface area contributed by atoms with Gasteiger partial charge in [-0.1, -0.05) is 6.07 Å². The van der Waals surface area contributed by atoms with Gasteiger partial charge in [-0.05, 0) is 36.4 Å². The van der Waals surface area contributed by atoms with Gasteiger partial charge in [0.05, 0.1) is 27.1 Å². The molecular formula is C21H21N7O3. The number of benzene rings is 2. The van der Waals surface area contributed by atoms with Gasteiger partial charge in [0.2, 0.25) is 11.9 Å². The molecule has 4 rings (SSSR count). The second-order valence-corrected chi connectivity index (χ2v) is 6.52. The summed E-state index contributed by atoms with van der Waals surface area (Å²) in [6.07, 6.45) is 1.57. The number of amides is 1. The van der Waals surface area contributed by atoms with Gasteiger partial charge in [0.25, 0.3) is 0 Å². The first-order chi connectivity index (χ1) is 15.1. The lowest BCUT2D eigenvalue weighted by molar-refractivity contribution is -0.114. The number of H-pyrrole nitrogens is 1. The number of carbonyl (C=O) groups is 1. The van der Waals surface area contributed by atoms with E-state index >= 15 is 0 Å². The number of methoxy groups -OCH3 is 2. The number of rotatable bonds is 7. The number of aromatic nitrogens is 4. The molecule has 0 atom stereocenters. The SMILES string of the molecule is COc1ccc(-c2nc(Nc3cccc(NC(=O)CN)c3)nc3nc[nH]c23)cc1OC. The number of hydrogen-bond donors (Lipinski definition) is 4. The largest absolute Gasteiger partial charge is 0.493 e. The Labute approximate surface area is 177 Å². The smallest absolute Gasteiger partial charge is 0.238 e. The molecule has 5 N–H and O–H groups in total. The van der Waals surface area contributed by atoms with Crippen molar-refractivity contribution in [3.63, 3.8) is 0 Å². The summed E-state index contributed by atoms with van der Waals surface area (Å²) in [4.78, 5) is 28.1. The van der Waals surface area contributed by atoms with Crippen molar-refractivity contribution in [2.75, 3.05) is 31.4 Å². The number of nitrogens with two attached hydrogens (primary N) is 1. The molecule has 0 saturated heterocycles. The van der Waals surface area contributed by atoms with Gasteiger partial charge in [-0.2, -0.15) is 4.98 Å². The monoisotopic (exact) mass is 419 g/mol. The highest BCUT2D eigenvalue weighted by atomic mass is 16.5. The predicted molar refractivity (Wildman–Crippen MR) is 118 cm³/mol. The molecule has 0 fully saturated rings. The molecule has 2 heterocycles. The summed E-state index contributed by atoms with van der Waals surface area (Å²) < 4.78 is 10.7. The van der Waals surface area contributed by atoms with Gasteiger partial charge in [0, 0.05) is 16.9 Å². The Morgan fingerprint density at radius 2 is 1.87 bits per heavy atom. The third-order valence-electron chi connectivity index (χ3n) is 4.53. The van der Waals surface area contributed by atoms with Crippen molar-refractivity contribution in [1.29, 1.82) is 0 Å². The summed E-state index contributed by atoms with van der Waals surface area (Å²) in [7, 11) is 3.16. The highest BCUT2D eigenvalue weighted by molar-refractivity contribution is 5.93. The van der Waals surface area contributed by atoms with Crippen LogP contribution in [0.15, 0.2) is 48.8 Å². The van der Waals surface area contributed by atoms with Crippen LogP contribution in [-0.2, 0) is 4.79 Å². The molecule has 0 saturated carbocycles. The van der Waals surface area contributed by atoms with Gasteiger partial charge in [-0.3, -0.25) is 4.79 Å². The zero-order valence-electron chi connectivity index (χ0n) is 17.0. The second kappa shape index (κ2) is 8.67. The van der Waals surface area contributed by atoms with Crippen molar-refractivity contribution >= 4 is 34.4 Å². The first-order valence-electron chi connectivity index (χ1n) is 9.41. The number of fused-ring (bicyclic) bond motifs is 1. The zero-order chi connectivity index (χ0) is 21.8. The van der Waals surface area contributed by atoms with E-state index in [4.69, 9.17) is 15.2 Å². The van der Waals surface area contributed by atoms with Crippen molar-refractivity contribution < 1.29 is 14.3 Å². The van der Waals surface area contributed by atoms with Gasteiger partial charge in [-0.25, -0.2) is 9.97 Å². The van der Waals surface area contributed by atoms with Crippen molar-refractivity contribution in [2.24, 2.45) is 5.73 Å². The minimum absolute atomic E-state index is 0.0920. The number of nitrogens with zero attached hydrogens (tertiary/aromatic N) is 3. The van der Waals surface area contributed by atoms with Crippen molar-refractivity contribution in [2.45, 2.75) is 0 Å². The van der Waals surface area contributed by atoms with E-state index in [-0.39, 0.29) is 12.5 Å². The van der Waals surface area contributed by atoms with Gasteiger partial charge >= 0.3 is 0 Å². The van der Waals surface area contributed by atoms with Crippen LogP contribution in [0.1, 0.15) is 0 Å². The van der Waals surface area contributed by atoms with Crippen LogP contribution in [0.4, 0.5) is 17.3 Å². The highest BCUT2D eigenvalue weighted by Crippen LogP contribution is 2.34. The molecule has 0 bridgehead atoms. The molecule has 31 heavy (non-hydrogen) atoms. The lowest BCUT2D eigenvalue weighted by atomic mass is 10.1. The summed E-state index contributed by atoms with van der Waals surface area (Å²) in [5, 5.41) is 5.88. The second-order valence-electron chi connectivity index (χ2n) is 6.52. The Balaban J connectivity index is 1.71. The number of nitrogens with one attached hydrogen (secondary N) is 3. The molecule has 0 spiro atoms. The van der Waals surface area contributed by atoms with Gasteiger partial charge in [-0.15, -0.1) is 0 Å². The number of imidazole rings is 1. The molecule has 0 radical (unpaired) electrons. The Morgan fingerprint density at radius 1 is 1.06 bits per heavy atom. The lowest BCUT2D eigenvalue weighted by Gasteiger charge is -2.12. The molecule has 158 valence electrons. The normalized spacial score (nSPS) is 10.7. The third kappa shape index (κ3) is 4.23. The fourth-order valence-corrected chi connectivity index (χ4v) is 3.10. The van der Waals surface area contributed by atoms with E-state index in [0.29, 0.717) is 45.7 Å². The van der Waals surface area contributed by atoms with E-state index in [1.54, 1.807) is 38.7 Å². The molecule has 0 aliphatic carbocycles. The van der Waals surface area contributed by atoms with E-state index < -0.39 is 0 Å². The van der Waals surface area contributed by atoms with Crippen molar-refractivity contribution in [3.05, 3.63) is 48.8 Å². The van der Waals surface area contributed by atoms with Crippen LogP contribution in [0, 0.1) is 0 Å². The number of hydrogen-bond acceptors (Lipinski definition) is 8. The first kappa shape index (κ1) is 20.1. The number of carbonyl (C=O) groups excluding carboxylic acids is 1. The molecule has 1 amide bonds. The minimum atomic E-state index is -0.276. The van der Waals surface area contributed by atoms with Crippen LogP contribution >= 0.6 is 0 Å². The van der Waals surface area contributed by atoms with Crippen LogP contribution in [0.25, 0.3) is 22.4 Å². The number of aromatic amines is 1. The molecule has 10 heteroatoms. The molecule has 0 aliphatic heterocycles. The maximum Gasteiger partial charge on any atom is 0.238 e. The van der Waals surface area contributed by atoms with E-state index in [2.05, 4.69) is 30.6 Å². The fourth-order valence-electron chi connectivity index (χ4n) is 3.10. The average molecular weight is 419 g/mol. The lowest BCUT2D eigenvalue weighted by Crippen LogP contribution is -2.21. The summed E-state index contributed by atoms with van der Waals surface area (Å²) in [6, 6.07) is 12.7. The predicted octanol–water partition coefficient (Wildman–Crippen LogP) is 2.68. The molecule has 0 unspecified atom stereocenters. The van der Waals surface area contributed by atoms with Crippen molar-refractivity contribution in [3.8, 4) is 22.8 Å². The Bertz CT molecular complexity index is 1240. The third-order valence-corrected chi connectivity index (χ3v) is 4.53. The van der Waals surface area contributed by atoms with E-state index in [1.165, 1.54) is 0 Å². The minimum Gasteiger partial charge on any atom is -0.493 e. The standard InChI is InChI=1S/C21H21N7O3/c1-30-15-7-6-12(8-16(15)31-2)18-19-20(24-11-23-19)28-21(27-18)26-14-5-3-4-13(9-14)25-17(29)10-22/h3-9,11H,10,22H2,1-2H3,(H,25,29)(H2,23,24,26,27,28). The van der Waals surface area contributed by atoms with E-state index in [9.17, 15) is 4.79 Å². The molecule has 2 aromatic carbocycles. The van der Waals surface area contributed by atoms with Crippen molar-refractivity contribution in [1.82, 2.24) is 19.9 Å². The topological polar surface area (TPSA) is 140 Å². The Morgan fingerprint density at radius 3 is 2.65 bits per heavy atom. The van der Waals surface area contributed by atoms with Gasteiger partial charge < -0.3 is 30.8 Å². The Kier molecular flexibility index (Phi) is 5.63. The van der Waals surface area contributed by atoms with E-state index in [0.717, 1.165) is 5.56 Å². The quantitative estimate of drug-likeness (QED) is 0.358. The molecular weight excluding hydrogens is 398 g/mol. The van der Waals surface area contributed by atoms with Crippen LogP contribution in [0.5, 0.6) is 11.5 Å². The maximum atomic E-state index is 11.6. The highest BCUT2D eigenvalue weighted by Gasteiger charge is 2.15. The maximum absolute atomic E-state index is 11.6. The van der Waals surface area contributed by atoms with Crippen LogP contribution < -0.4 is 25.8 Å². The van der Waals surface area contributed by atoms with Gasteiger partial charge in [0.15, 0.2) is 17.1 Å². The fraction of sp³-hybridized carbons (Fsp3) is 0.143. The summed E-state index contributed by atoms with van der Waals surface area (Å²) in [5.74, 6) is 1.29. The number of ether oxygens (including phenoxy) is 2. The molecule has 2 aromatic heterocycles. The van der Waals surface area contributed by atoms with Crippen LogP contribution in [0.2, 0.25) is 0 Å². The van der Waals surface area contributed by atoms with Crippen LogP contribution in [0.3, 0.4) is 0 Å². The summed E-state index contributed by atoms with van der Waals surface area (Å²) >= 11 is 0. The summed E-state index contributed by atoms with van der Waals surface area (Å²) in [6.45, 7) is -0.0920. The average Bonchev–Trinajstić information content (AvgIpc) is 3.27. The zero-order valence-corrected chi connectivity index (χ0v) is 17.0. The van der Waals surface area contributed by atoms with E-state index in [1.807, 2.05) is 24.3 Å². The Hall–Kier alpha value is -4.18. The van der Waals surface area contributed by atoms with Gasteiger partial charge in [0.1, 0.15) is 11.2 Å². The first-order valence-corrected chi connectivity index (χ1v) is 9.41. The molecule has 0 aliphatic rings. The molecule has 10 nitrogen and oxygen atoms in total. The van der Waals surface area contributed by atoms with Crippen LogP contribution in [-0.4, -0.2) is 46.6 Å². The molecule has 4 aromatic rings. The summed E-state index contributed by atoms with van der Waals surface area (Å²) in [5.41, 5.74) is 9.33. The number of anilines is 3.